The first-order valence-electron chi connectivity index (χ1n) is 5.76. The molecule has 1 atom stereocenters. The van der Waals surface area contributed by atoms with E-state index in [4.69, 9.17) is 0 Å². The van der Waals surface area contributed by atoms with Gasteiger partial charge in [-0.25, -0.2) is 0 Å². The Morgan fingerprint density at radius 1 is 1.33 bits per heavy atom. The molecule has 18 heavy (non-hydrogen) atoms. The largest absolute Gasteiger partial charge is 0.348 e. The Hall–Kier alpha value is 0.130. The fraction of sp³-hybridized carbons (Fsp3) is 0.462. The van der Waals surface area contributed by atoms with Crippen LogP contribution in [-0.2, 0) is 0 Å². The van der Waals surface area contributed by atoms with Gasteiger partial charge in [0.25, 0.3) is 5.91 Å². The summed E-state index contributed by atoms with van der Waals surface area (Å²) in [6.07, 6.45) is 0.961. The lowest BCUT2D eigenvalue weighted by molar-refractivity contribution is 0.0936. The van der Waals surface area contributed by atoms with Gasteiger partial charge in [-0.05, 0) is 46.5 Å². The lowest BCUT2D eigenvalue weighted by Crippen LogP contribution is -2.37. The Balaban J connectivity index is 2.77. The van der Waals surface area contributed by atoms with Gasteiger partial charge in [0.15, 0.2) is 0 Å². The Kier molecular flexibility index (Phi) is 6.88. The highest BCUT2D eigenvalue weighted by molar-refractivity contribution is 9.11. The number of hydrogen-bond acceptors (Lipinski definition) is 1. The predicted octanol–water partition coefficient (Wildman–Crippen LogP) is 4.75. The smallest absolute Gasteiger partial charge is 0.252 e. The van der Waals surface area contributed by atoms with Crippen LogP contribution in [0.3, 0.4) is 0 Å². The van der Waals surface area contributed by atoms with Crippen molar-refractivity contribution >= 4 is 53.7 Å². The van der Waals surface area contributed by atoms with Crippen molar-refractivity contribution in [3.05, 3.63) is 32.7 Å². The van der Waals surface area contributed by atoms with Gasteiger partial charge in [0.2, 0.25) is 0 Å². The quantitative estimate of drug-likeness (QED) is 0.656. The van der Waals surface area contributed by atoms with Crippen LogP contribution in [0.15, 0.2) is 27.1 Å². The number of rotatable bonds is 5. The van der Waals surface area contributed by atoms with E-state index >= 15 is 0 Å². The van der Waals surface area contributed by atoms with Gasteiger partial charge in [-0.3, -0.25) is 4.79 Å². The van der Waals surface area contributed by atoms with Gasteiger partial charge in [-0.1, -0.05) is 45.7 Å². The van der Waals surface area contributed by atoms with Crippen LogP contribution >= 0.6 is 47.8 Å². The van der Waals surface area contributed by atoms with E-state index in [1.807, 2.05) is 18.2 Å². The maximum Gasteiger partial charge on any atom is 0.252 e. The molecule has 1 amide bonds. The average molecular weight is 442 g/mol. The maximum atomic E-state index is 12.2. The summed E-state index contributed by atoms with van der Waals surface area (Å²) in [7, 11) is 0. The van der Waals surface area contributed by atoms with Gasteiger partial charge in [0.1, 0.15) is 0 Å². The van der Waals surface area contributed by atoms with E-state index in [2.05, 4.69) is 67.0 Å². The molecule has 0 bridgehead atoms. The molecule has 0 aliphatic rings. The number of benzene rings is 1. The zero-order valence-electron chi connectivity index (χ0n) is 10.3. The van der Waals surface area contributed by atoms with Crippen LogP contribution in [0.1, 0.15) is 30.6 Å². The van der Waals surface area contributed by atoms with Gasteiger partial charge < -0.3 is 5.32 Å². The van der Waals surface area contributed by atoms with Crippen molar-refractivity contribution in [3.8, 4) is 0 Å². The highest BCUT2D eigenvalue weighted by Crippen LogP contribution is 2.22. The Morgan fingerprint density at radius 2 is 2.00 bits per heavy atom. The number of alkyl halides is 1. The van der Waals surface area contributed by atoms with Gasteiger partial charge in [-0.15, -0.1) is 0 Å². The molecule has 0 heterocycles. The maximum absolute atomic E-state index is 12.2. The standard InChI is InChI=1S/C13H16Br3NO/c1-8(2)5-10(7-14)17-13(18)11-6-9(15)3-4-12(11)16/h3-4,6,8,10H,5,7H2,1-2H3,(H,17,18). The average Bonchev–Trinajstić information content (AvgIpc) is 2.30. The van der Waals surface area contributed by atoms with Crippen LogP contribution in [0.2, 0.25) is 0 Å². The van der Waals surface area contributed by atoms with Crippen LogP contribution in [0.5, 0.6) is 0 Å². The SMILES string of the molecule is CC(C)CC(CBr)NC(=O)c1cc(Br)ccc1Br. The fourth-order valence-corrected chi connectivity index (χ4v) is 2.88. The Bertz CT molecular complexity index is 421. The molecule has 0 aliphatic heterocycles. The van der Waals surface area contributed by atoms with Crippen LogP contribution in [-0.4, -0.2) is 17.3 Å². The first-order valence-corrected chi connectivity index (χ1v) is 8.46. The summed E-state index contributed by atoms with van der Waals surface area (Å²) in [6.45, 7) is 4.30. The zero-order valence-corrected chi connectivity index (χ0v) is 15.1. The number of carbonyl (C=O) groups is 1. The summed E-state index contributed by atoms with van der Waals surface area (Å²) < 4.78 is 1.70. The minimum atomic E-state index is -0.0479. The molecule has 0 spiro atoms. The highest BCUT2D eigenvalue weighted by Gasteiger charge is 2.16. The van der Waals surface area contributed by atoms with Crippen molar-refractivity contribution in [2.75, 3.05) is 5.33 Å². The second-order valence-corrected chi connectivity index (χ2v) is 7.00. The molecule has 1 rings (SSSR count). The molecule has 2 nitrogen and oxygen atoms in total. The van der Waals surface area contributed by atoms with E-state index in [0.717, 1.165) is 20.7 Å². The summed E-state index contributed by atoms with van der Waals surface area (Å²) in [5.41, 5.74) is 0.652. The second-order valence-electron chi connectivity index (χ2n) is 4.58. The molecule has 0 aromatic heterocycles. The molecular formula is C13H16Br3NO. The van der Waals surface area contributed by atoms with Gasteiger partial charge in [0.05, 0.1) is 5.56 Å². The molecule has 0 radical (unpaired) electrons. The Morgan fingerprint density at radius 3 is 2.56 bits per heavy atom. The third kappa shape index (κ3) is 5.02. The van der Waals surface area contributed by atoms with E-state index in [1.165, 1.54) is 0 Å². The second kappa shape index (κ2) is 7.65. The van der Waals surface area contributed by atoms with Crippen molar-refractivity contribution < 1.29 is 4.79 Å². The van der Waals surface area contributed by atoms with Gasteiger partial charge in [0, 0.05) is 20.3 Å². The minimum absolute atomic E-state index is 0.0479. The monoisotopic (exact) mass is 439 g/mol. The number of amides is 1. The molecule has 0 saturated heterocycles. The van der Waals surface area contributed by atoms with E-state index in [9.17, 15) is 4.79 Å². The van der Waals surface area contributed by atoms with E-state index < -0.39 is 0 Å². The third-order valence-electron chi connectivity index (χ3n) is 2.45. The molecule has 0 saturated carbocycles. The lowest BCUT2D eigenvalue weighted by Gasteiger charge is -2.18. The van der Waals surface area contributed by atoms with E-state index in [1.54, 1.807) is 0 Å². The van der Waals surface area contributed by atoms with Crippen molar-refractivity contribution in [3.63, 3.8) is 0 Å². The number of halogens is 3. The Labute approximate surface area is 133 Å². The zero-order chi connectivity index (χ0) is 13.7. The van der Waals surface area contributed by atoms with Crippen LogP contribution in [0.25, 0.3) is 0 Å². The van der Waals surface area contributed by atoms with E-state index in [-0.39, 0.29) is 11.9 Å². The summed E-state index contributed by atoms with van der Waals surface area (Å²) in [6, 6.07) is 5.74. The molecule has 0 aliphatic carbocycles. The summed E-state index contributed by atoms with van der Waals surface area (Å²) in [5.74, 6) is 0.507. The minimum Gasteiger partial charge on any atom is -0.348 e. The van der Waals surface area contributed by atoms with Crippen LogP contribution in [0.4, 0.5) is 0 Å². The lowest BCUT2D eigenvalue weighted by atomic mass is 10.0. The first kappa shape index (κ1) is 16.2. The molecule has 1 aromatic rings. The molecule has 1 aromatic carbocycles. The van der Waals surface area contributed by atoms with Gasteiger partial charge >= 0.3 is 0 Å². The molecule has 1 unspecified atom stereocenters. The molecule has 1 N–H and O–H groups in total. The van der Waals surface area contributed by atoms with Crippen molar-refractivity contribution in [1.82, 2.24) is 5.32 Å². The summed E-state index contributed by atoms with van der Waals surface area (Å²) in [5, 5.41) is 3.81. The molecular weight excluding hydrogens is 426 g/mol. The van der Waals surface area contributed by atoms with Crippen molar-refractivity contribution in [2.24, 2.45) is 5.92 Å². The van der Waals surface area contributed by atoms with Crippen LogP contribution < -0.4 is 5.32 Å². The topological polar surface area (TPSA) is 29.1 Å². The van der Waals surface area contributed by atoms with Crippen molar-refractivity contribution in [2.45, 2.75) is 26.3 Å². The van der Waals surface area contributed by atoms with E-state index in [0.29, 0.717) is 11.5 Å². The number of nitrogens with one attached hydrogen (secondary N) is 1. The summed E-state index contributed by atoms with van der Waals surface area (Å²) in [4.78, 5) is 12.2. The fourth-order valence-electron chi connectivity index (χ4n) is 1.66. The third-order valence-corrected chi connectivity index (χ3v) is 4.42. The molecule has 100 valence electrons. The number of carbonyl (C=O) groups excluding carboxylic acids is 1. The first-order chi connectivity index (χ1) is 8.43. The number of hydrogen-bond donors (Lipinski definition) is 1. The molecule has 0 fully saturated rings. The van der Waals surface area contributed by atoms with Crippen molar-refractivity contribution in [1.29, 1.82) is 0 Å². The highest BCUT2D eigenvalue weighted by atomic mass is 79.9. The normalized spacial score (nSPS) is 12.6. The molecule has 5 heteroatoms. The van der Waals surface area contributed by atoms with Gasteiger partial charge in [-0.2, -0.15) is 0 Å². The predicted molar refractivity (Wildman–Crippen MR) is 86.3 cm³/mol. The summed E-state index contributed by atoms with van der Waals surface area (Å²) >= 11 is 10.2. The van der Waals surface area contributed by atoms with Crippen LogP contribution in [0, 0.1) is 5.92 Å².